The van der Waals surface area contributed by atoms with Crippen LogP contribution in [0.4, 0.5) is 0 Å². The molecule has 0 aliphatic carbocycles. The monoisotopic (exact) mass is 232 g/mol. The fraction of sp³-hybridized carbons (Fsp3) is 0.333. The molecule has 1 aromatic rings. The third-order valence-corrected chi connectivity index (χ3v) is 2.54. The number of benzene rings is 1. The van der Waals surface area contributed by atoms with E-state index in [0.717, 1.165) is 17.7 Å². The summed E-state index contributed by atoms with van der Waals surface area (Å²) in [5.74, 6) is 0.843. The van der Waals surface area contributed by atoms with Crippen molar-refractivity contribution in [1.29, 1.82) is 0 Å². The van der Waals surface area contributed by atoms with E-state index in [1.165, 1.54) is 0 Å². The van der Waals surface area contributed by atoms with E-state index in [1.54, 1.807) is 13.2 Å². The fourth-order valence-electron chi connectivity index (χ4n) is 1.60. The molecule has 0 saturated heterocycles. The SMILES string of the molecule is C=CC[C@H](C)O[C@@H](C=C)c1ccc(OC)cc1. The third-order valence-electron chi connectivity index (χ3n) is 2.54. The highest BCUT2D eigenvalue weighted by Gasteiger charge is 2.11. The fourth-order valence-corrected chi connectivity index (χ4v) is 1.60. The molecule has 2 atom stereocenters. The van der Waals surface area contributed by atoms with Crippen molar-refractivity contribution in [2.24, 2.45) is 0 Å². The van der Waals surface area contributed by atoms with E-state index in [2.05, 4.69) is 13.2 Å². The molecule has 0 aliphatic heterocycles. The van der Waals surface area contributed by atoms with Crippen LogP contribution >= 0.6 is 0 Å². The zero-order chi connectivity index (χ0) is 12.7. The zero-order valence-corrected chi connectivity index (χ0v) is 10.6. The van der Waals surface area contributed by atoms with Gasteiger partial charge in [0, 0.05) is 0 Å². The molecule has 0 unspecified atom stereocenters. The van der Waals surface area contributed by atoms with Crippen LogP contribution in [0, 0.1) is 0 Å². The molecular weight excluding hydrogens is 212 g/mol. The van der Waals surface area contributed by atoms with Gasteiger partial charge in [-0.1, -0.05) is 24.3 Å². The van der Waals surface area contributed by atoms with Crippen LogP contribution in [0.15, 0.2) is 49.6 Å². The maximum Gasteiger partial charge on any atom is 0.118 e. The lowest BCUT2D eigenvalue weighted by Gasteiger charge is -2.19. The van der Waals surface area contributed by atoms with Crippen LogP contribution in [0.3, 0.4) is 0 Å². The van der Waals surface area contributed by atoms with Gasteiger partial charge in [0.05, 0.1) is 13.2 Å². The van der Waals surface area contributed by atoms with Crippen LogP contribution in [0.1, 0.15) is 25.0 Å². The Bertz CT molecular complexity index is 354. The summed E-state index contributed by atoms with van der Waals surface area (Å²) in [6.45, 7) is 9.55. The van der Waals surface area contributed by atoms with Gasteiger partial charge >= 0.3 is 0 Å². The van der Waals surface area contributed by atoms with E-state index >= 15 is 0 Å². The standard InChI is InChI=1S/C15H20O2/c1-5-7-12(3)17-15(6-2)13-8-10-14(16-4)11-9-13/h5-6,8-12,15H,1-2,7H2,3-4H3/t12-,15-/m0/s1. The molecule has 0 fully saturated rings. The lowest BCUT2D eigenvalue weighted by molar-refractivity contribution is 0.0257. The van der Waals surface area contributed by atoms with Gasteiger partial charge in [0.15, 0.2) is 0 Å². The smallest absolute Gasteiger partial charge is 0.118 e. The molecule has 1 rings (SSSR count). The average Bonchev–Trinajstić information content (AvgIpc) is 2.36. The van der Waals surface area contributed by atoms with Crippen molar-refractivity contribution in [3.8, 4) is 5.75 Å². The van der Waals surface area contributed by atoms with Crippen LogP contribution in [-0.2, 0) is 4.74 Å². The highest BCUT2D eigenvalue weighted by Crippen LogP contribution is 2.23. The van der Waals surface area contributed by atoms with Crippen molar-refractivity contribution < 1.29 is 9.47 Å². The normalized spacial score (nSPS) is 13.8. The Labute approximate surface area is 104 Å². The molecule has 0 radical (unpaired) electrons. The Hall–Kier alpha value is -1.54. The molecule has 0 aromatic heterocycles. The first kappa shape index (κ1) is 13.5. The molecule has 0 saturated carbocycles. The highest BCUT2D eigenvalue weighted by molar-refractivity contribution is 5.30. The van der Waals surface area contributed by atoms with Crippen molar-refractivity contribution >= 4 is 0 Å². The summed E-state index contributed by atoms with van der Waals surface area (Å²) in [5.41, 5.74) is 1.08. The van der Waals surface area contributed by atoms with Crippen molar-refractivity contribution in [3.63, 3.8) is 0 Å². The van der Waals surface area contributed by atoms with Crippen molar-refractivity contribution in [3.05, 3.63) is 55.1 Å². The van der Waals surface area contributed by atoms with Gasteiger partial charge in [-0.05, 0) is 31.0 Å². The zero-order valence-electron chi connectivity index (χ0n) is 10.6. The molecular formula is C15H20O2. The van der Waals surface area contributed by atoms with Crippen LogP contribution in [0.5, 0.6) is 5.75 Å². The topological polar surface area (TPSA) is 18.5 Å². The summed E-state index contributed by atoms with van der Waals surface area (Å²) >= 11 is 0. The summed E-state index contributed by atoms with van der Waals surface area (Å²) in [4.78, 5) is 0. The van der Waals surface area contributed by atoms with Crippen LogP contribution in [0.25, 0.3) is 0 Å². The molecule has 2 heteroatoms. The first-order valence-corrected chi connectivity index (χ1v) is 5.74. The average molecular weight is 232 g/mol. The van der Waals surface area contributed by atoms with E-state index in [0.29, 0.717) is 0 Å². The van der Waals surface area contributed by atoms with Gasteiger partial charge in [-0.2, -0.15) is 0 Å². The van der Waals surface area contributed by atoms with Crippen LogP contribution in [-0.4, -0.2) is 13.2 Å². The number of methoxy groups -OCH3 is 1. The summed E-state index contributed by atoms with van der Waals surface area (Å²) in [6, 6.07) is 7.83. The second kappa shape index (κ2) is 6.92. The highest BCUT2D eigenvalue weighted by atomic mass is 16.5. The van der Waals surface area contributed by atoms with Crippen LogP contribution < -0.4 is 4.74 Å². The van der Waals surface area contributed by atoms with Crippen molar-refractivity contribution in [2.75, 3.05) is 7.11 Å². The molecule has 0 N–H and O–H groups in total. The maximum atomic E-state index is 5.87. The predicted octanol–water partition coefficient (Wildman–Crippen LogP) is 3.90. The van der Waals surface area contributed by atoms with Gasteiger partial charge < -0.3 is 9.47 Å². The Kier molecular flexibility index (Phi) is 5.50. The number of ether oxygens (including phenoxy) is 2. The largest absolute Gasteiger partial charge is 0.497 e. The van der Waals surface area contributed by atoms with E-state index in [-0.39, 0.29) is 12.2 Å². The number of hydrogen-bond donors (Lipinski definition) is 0. The maximum absolute atomic E-state index is 5.87. The minimum Gasteiger partial charge on any atom is -0.497 e. The second-order valence-corrected chi connectivity index (χ2v) is 3.90. The molecule has 92 valence electrons. The molecule has 0 amide bonds. The van der Waals surface area contributed by atoms with Gasteiger partial charge in [0.2, 0.25) is 0 Å². The van der Waals surface area contributed by atoms with Crippen molar-refractivity contribution in [2.45, 2.75) is 25.6 Å². The van der Waals surface area contributed by atoms with E-state index < -0.39 is 0 Å². The molecule has 1 aromatic carbocycles. The molecule has 17 heavy (non-hydrogen) atoms. The summed E-state index contributed by atoms with van der Waals surface area (Å²) < 4.78 is 11.0. The first-order valence-electron chi connectivity index (χ1n) is 5.74. The Morgan fingerprint density at radius 3 is 2.35 bits per heavy atom. The third kappa shape index (κ3) is 4.08. The minimum atomic E-state index is -0.0872. The van der Waals surface area contributed by atoms with E-state index in [4.69, 9.17) is 9.47 Å². The van der Waals surface area contributed by atoms with Gasteiger partial charge in [-0.3, -0.25) is 0 Å². The van der Waals surface area contributed by atoms with Gasteiger partial charge in [0.1, 0.15) is 11.9 Å². The van der Waals surface area contributed by atoms with Crippen molar-refractivity contribution in [1.82, 2.24) is 0 Å². The summed E-state index contributed by atoms with van der Waals surface area (Å²) in [5, 5.41) is 0. The van der Waals surface area contributed by atoms with Gasteiger partial charge in [0.25, 0.3) is 0 Å². The Balaban J connectivity index is 2.71. The molecule has 2 nitrogen and oxygen atoms in total. The lowest BCUT2D eigenvalue weighted by atomic mass is 10.1. The second-order valence-electron chi connectivity index (χ2n) is 3.90. The first-order chi connectivity index (χ1) is 8.21. The van der Waals surface area contributed by atoms with Gasteiger partial charge in [-0.15, -0.1) is 13.2 Å². The Morgan fingerprint density at radius 1 is 1.24 bits per heavy atom. The minimum absolute atomic E-state index is 0.0872. The molecule has 0 aliphatic rings. The molecule has 0 bridgehead atoms. The van der Waals surface area contributed by atoms with E-state index in [9.17, 15) is 0 Å². The lowest BCUT2D eigenvalue weighted by Crippen LogP contribution is -2.11. The quantitative estimate of drug-likeness (QED) is 0.664. The number of rotatable bonds is 7. The Morgan fingerprint density at radius 2 is 1.88 bits per heavy atom. The summed E-state index contributed by atoms with van der Waals surface area (Å²) in [6.07, 6.45) is 4.55. The van der Waals surface area contributed by atoms with Gasteiger partial charge in [-0.25, -0.2) is 0 Å². The molecule has 0 heterocycles. The predicted molar refractivity (Wildman–Crippen MR) is 71.3 cm³/mol. The summed E-state index contributed by atoms with van der Waals surface area (Å²) in [7, 11) is 1.66. The van der Waals surface area contributed by atoms with E-state index in [1.807, 2.05) is 37.3 Å². The number of hydrogen-bond acceptors (Lipinski definition) is 2. The molecule has 0 spiro atoms. The van der Waals surface area contributed by atoms with Crippen LogP contribution in [0.2, 0.25) is 0 Å².